The Hall–Kier alpha value is -2.17. The first kappa shape index (κ1) is 12.9. The molecule has 1 aromatic heterocycles. The van der Waals surface area contributed by atoms with E-state index in [4.69, 9.17) is 5.11 Å². The van der Waals surface area contributed by atoms with E-state index < -0.39 is 5.97 Å². The average Bonchev–Trinajstić information content (AvgIpc) is 2.23. The molecule has 0 spiro atoms. The predicted octanol–water partition coefficient (Wildman–Crippen LogP) is 1.24. The van der Waals surface area contributed by atoms with Crippen LogP contribution in [0.3, 0.4) is 0 Å². The number of nitrogens with zero attached hydrogens (tertiary/aromatic N) is 1. The van der Waals surface area contributed by atoms with Crippen LogP contribution in [0.15, 0.2) is 18.3 Å². The van der Waals surface area contributed by atoms with E-state index in [1.807, 2.05) is 6.92 Å². The summed E-state index contributed by atoms with van der Waals surface area (Å²) in [5.74, 6) is -1.19. The second-order valence-electron chi connectivity index (χ2n) is 3.60. The molecule has 0 aliphatic carbocycles. The molecule has 0 saturated carbocycles. The van der Waals surface area contributed by atoms with Gasteiger partial charge in [0.2, 0.25) is 5.91 Å². The first-order chi connectivity index (χ1) is 8.00. The zero-order valence-corrected chi connectivity index (χ0v) is 9.73. The number of hydrogen-bond donors (Lipinski definition) is 2. The zero-order valence-electron chi connectivity index (χ0n) is 9.73. The molecule has 1 heterocycles. The monoisotopic (exact) mass is 234 g/mol. The lowest BCUT2D eigenvalue weighted by atomic mass is 10.1. The van der Waals surface area contributed by atoms with Gasteiger partial charge in [-0.05, 0) is 18.6 Å². The number of carbonyl (C=O) groups excluding carboxylic acids is 1. The second-order valence-corrected chi connectivity index (χ2v) is 3.60. The number of pyridine rings is 1. The van der Waals surface area contributed by atoms with Gasteiger partial charge >= 0.3 is 5.97 Å². The van der Waals surface area contributed by atoms with Crippen LogP contribution in [0.25, 0.3) is 6.08 Å². The normalized spacial score (nSPS) is 10.5. The van der Waals surface area contributed by atoms with Gasteiger partial charge in [0.15, 0.2) is 5.69 Å². The van der Waals surface area contributed by atoms with Crippen molar-refractivity contribution >= 4 is 18.0 Å². The van der Waals surface area contributed by atoms with E-state index in [9.17, 15) is 9.59 Å². The van der Waals surface area contributed by atoms with Crippen LogP contribution in [-0.2, 0) is 4.79 Å². The minimum absolute atomic E-state index is 0.00896. The third kappa shape index (κ3) is 4.06. The molecule has 0 aliphatic heterocycles. The number of amides is 1. The van der Waals surface area contributed by atoms with Crippen molar-refractivity contribution in [3.63, 3.8) is 0 Å². The number of nitrogens with one attached hydrogen (secondary N) is 1. The van der Waals surface area contributed by atoms with Crippen molar-refractivity contribution in [2.75, 3.05) is 6.54 Å². The topological polar surface area (TPSA) is 79.3 Å². The van der Waals surface area contributed by atoms with Crippen molar-refractivity contribution in [2.45, 2.75) is 13.8 Å². The fourth-order valence-electron chi connectivity index (χ4n) is 1.29. The first-order valence-corrected chi connectivity index (χ1v) is 5.11. The number of aromatic carboxylic acids is 1. The minimum Gasteiger partial charge on any atom is -0.476 e. The molecule has 1 rings (SSSR count). The van der Waals surface area contributed by atoms with Crippen molar-refractivity contribution in [2.24, 2.45) is 0 Å². The summed E-state index contributed by atoms with van der Waals surface area (Å²) in [5, 5.41) is 11.5. The fraction of sp³-hybridized carbons (Fsp3) is 0.250. The average molecular weight is 234 g/mol. The van der Waals surface area contributed by atoms with Crippen molar-refractivity contribution < 1.29 is 14.7 Å². The highest BCUT2D eigenvalue weighted by Gasteiger charge is 2.09. The maximum absolute atomic E-state index is 10.9. The molecule has 1 aromatic rings. The van der Waals surface area contributed by atoms with E-state index >= 15 is 0 Å². The summed E-state index contributed by atoms with van der Waals surface area (Å²) in [4.78, 5) is 25.4. The Bertz CT molecular complexity index is 467. The largest absolute Gasteiger partial charge is 0.476 e. The second kappa shape index (κ2) is 5.79. The standard InChI is InChI=1S/C12H14N2O3/c1-8-6-10(4-3-5-13-9(2)15)11(12(16)17)14-7-8/h3-4,6-7H,5H2,1-2H3,(H,13,15)(H,16,17). The summed E-state index contributed by atoms with van der Waals surface area (Å²) in [6, 6.07) is 1.74. The lowest BCUT2D eigenvalue weighted by Gasteiger charge is -2.01. The molecule has 2 N–H and O–H groups in total. The molecule has 0 saturated heterocycles. The molecule has 0 bridgehead atoms. The van der Waals surface area contributed by atoms with Crippen LogP contribution in [0.4, 0.5) is 0 Å². The van der Waals surface area contributed by atoms with E-state index in [1.54, 1.807) is 18.2 Å². The van der Waals surface area contributed by atoms with Gasteiger partial charge < -0.3 is 10.4 Å². The molecule has 0 atom stereocenters. The van der Waals surface area contributed by atoms with Gasteiger partial charge in [0.05, 0.1) is 0 Å². The van der Waals surface area contributed by atoms with E-state index in [0.29, 0.717) is 12.1 Å². The van der Waals surface area contributed by atoms with Gasteiger partial charge in [0.25, 0.3) is 0 Å². The molecular weight excluding hydrogens is 220 g/mol. The lowest BCUT2D eigenvalue weighted by Crippen LogP contribution is -2.19. The summed E-state index contributed by atoms with van der Waals surface area (Å²) in [7, 11) is 0. The third-order valence-electron chi connectivity index (χ3n) is 2.02. The van der Waals surface area contributed by atoms with E-state index in [2.05, 4.69) is 10.3 Å². The summed E-state index contributed by atoms with van der Waals surface area (Å²) in [5.41, 5.74) is 1.42. The Morgan fingerprint density at radius 3 is 2.82 bits per heavy atom. The highest BCUT2D eigenvalue weighted by atomic mass is 16.4. The molecule has 5 nitrogen and oxygen atoms in total. The molecule has 0 aliphatic rings. The van der Waals surface area contributed by atoms with Gasteiger partial charge in [-0.15, -0.1) is 0 Å². The van der Waals surface area contributed by atoms with Crippen LogP contribution in [0.2, 0.25) is 0 Å². The number of aryl methyl sites for hydroxylation is 1. The van der Waals surface area contributed by atoms with Gasteiger partial charge in [-0.2, -0.15) is 0 Å². The van der Waals surface area contributed by atoms with Gasteiger partial charge in [0.1, 0.15) is 0 Å². The van der Waals surface area contributed by atoms with Crippen LogP contribution in [0, 0.1) is 6.92 Å². The summed E-state index contributed by atoms with van der Waals surface area (Å²) < 4.78 is 0. The third-order valence-corrected chi connectivity index (χ3v) is 2.02. The van der Waals surface area contributed by atoms with Crippen molar-refractivity contribution in [1.29, 1.82) is 0 Å². The Morgan fingerprint density at radius 2 is 2.24 bits per heavy atom. The predicted molar refractivity (Wildman–Crippen MR) is 63.7 cm³/mol. The van der Waals surface area contributed by atoms with Crippen LogP contribution in [-0.4, -0.2) is 28.5 Å². The molecule has 1 amide bonds. The minimum atomic E-state index is -1.07. The number of rotatable bonds is 4. The molecule has 0 aromatic carbocycles. The zero-order chi connectivity index (χ0) is 12.8. The highest BCUT2D eigenvalue weighted by Crippen LogP contribution is 2.10. The van der Waals surface area contributed by atoms with Gasteiger partial charge in [0, 0.05) is 25.2 Å². The van der Waals surface area contributed by atoms with Gasteiger partial charge in [-0.25, -0.2) is 9.78 Å². The molecule has 5 heteroatoms. The van der Waals surface area contributed by atoms with Gasteiger partial charge in [-0.1, -0.05) is 12.2 Å². The van der Waals surface area contributed by atoms with Crippen LogP contribution >= 0.6 is 0 Å². The molecule has 0 radical (unpaired) electrons. The van der Waals surface area contributed by atoms with Crippen LogP contribution in [0.5, 0.6) is 0 Å². The Morgan fingerprint density at radius 1 is 1.53 bits per heavy atom. The first-order valence-electron chi connectivity index (χ1n) is 5.11. The van der Waals surface area contributed by atoms with E-state index in [0.717, 1.165) is 5.56 Å². The number of carboxylic acid groups (broad SMARTS) is 1. The number of hydrogen-bond acceptors (Lipinski definition) is 3. The van der Waals surface area contributed by atoms with Crippen LogP contribution in [0.1, 0.15) is 28.5 Å². The Kier molecular flexibility index (Phi) is 4.39. The summed E-state index contributed by atoms with van der Waals surface area (Å²) in [6.45, 7) is 3.62. The maximum atomic E-state index is 10.9. The number of carboxylic acids is 1. The SMILES string of the molecule is CC(=O)NCC=Cc1cc(C)cnc1C(=O)O. The quantitative estimate of drug-likeness (QED) is 0.821. The molecule has 90 valence electrons. The van der Waals surface area contributed by atoms with E-state index in [-0.39, 0.29) is 11.6 Å². The smallest absolute Gasteiger partial charge is 0.355 e. The van der Waals surface area contributed by atoms with E-state index in [1.165, 1.54) is 13.1 Å². The maximum Gasteiger partial charge on any atom is 0.355 e. The molecular formula is C12H14N2O3. The summed E-state index contributed by atoms with van der Waals surface area (Å²) >= 11 is 0. The fourth-order valence-corrected chi connectivity index (χ4v) is 1.29. The number of aromatic nitrogens is 1. The molecule has 17 heavy (non-hydrogen) atoms. The van der Waals surface area contributed by atoms with Crippen molar-refractivity contribution in [3.05, 3.63) is 35.2 Å². The summed E-state index contributed by atoms with van der Waals surface area (Å²) in [6.07, 6.45) is 4.83. The molecule has 0 unspecified atom stereocenters. The van der Waals surface area contributed by atoms with Crippen LogP contribution < -0.4 is 5.32 Å². The van der Waals surface area contributed by atoms with Crippen molar-refractivity contribution in [3.8, 4) is 0 Å². The Labute approximate surface area is 99.2 Å². The van der Waals surface area contributed by atoms with Gasteiger partial charge in [-0.3, -0.25) is 4.79 Å². The lowest BCUT2D eigenvalue weighted by molar-refractivity contribution is -0.118. The number of carbonyl (C=O) groups is 2. The Balaban J connectivity index is 2.85. The van der Waals surface area contributed by atoms with Crippen molar-refractivity contribution in [1.82, 2.24) is 10.3 Å². The molecule has 0 fully saturated rings. The highest BCUT2D eigenvalue weighted by molar-refractivity contribution is 5.90.